The molecule has 0 saturated carbocycles. The summed E-state index contributed by atoms with van der Waals surface area (Å²) in [6.45, 7) is 9.07. The van der Waals surface area contributed by atoms with Crippen molar-refractivity contribution in [1.29, 1.82) is 0 Å². The molecule has 0 atom stereocenters. The number of unbranched alkanes of at least 4 members (excludes halogenated alkanes) is 20. The first kappa shape index (κ1) is 60.5. The lowest BCUT2D eigenvalue weighted by atomic mass is 9.95. The van der Waals surface area contributed by atoms with E-state index in [0.29, 0.717) is 0 Å². The lowest BCUT2D eigenvalue weighted by molar-refractivity contribution is 0.0651. The molecule has 8 nitrogen and oxygen atoms in total. The van der Waals surface area contributed by atoms with Crippen LogP contribution in [0.3, 0.4) is 0 Å². The van der Waals surface area contributed by atoms with Crippen molar-refractivity contribution in [3.8, 4) is 22.3 Å². The van der Waals surface area contributed by atoms with Crippen LogP contribution in [0.4, 0.5) is 22.7 Å². The van der Waals surface area contributed by atoms with Gasteiger partial charge in [-0.3, -0.25) is 0 Å². The molecule has 0 saturated heterocycles. The summed E-state index contributed by atoms with van der Waals surface area (Å²) in [5, 5.41) is 17.1. The third-order valence-electron chi connectivity index (χ3n) is 13.8. The third kappa shape index (κ3) is 23.2. The fourth-order valence-electron chi connectivity index (χ4n) is 9.25. The molecular formula is C64H94N4O4. The van der Waals surface area contributed by atoms with Crippen molar-refractivity contribution in [2.45, 2.75) is 207 Å². The lowest BCUT2D eigenvalue weighted by Gasteiger charge is -2.12. The molecule has 0 aliphatic rings. The molecule has 0 bridgehead atoms. The standard InChI is InChI=1S/2C28H44N2.C8H6O4/c2*1-3-5-7-9-11-13-15-25-21-23(17-19-27(25)29)24-18-20-28(30)26(22-24)16-14-12-10-8-6-4-2;9-7(10)5-3-1-2-4-6(5)8(11)12/h2*17-22H,3-16,29-30H2,1-2H3;1-4H,(H,9,10)(H,11,12). The van der Waals surface area contributed by atoms with E-state index < -0.39 is 11.9 Å². The average molecular weight is 983 g/mol. The maximum Gasteiger partial charge on any atom is 0.336 e. The number of aromatic carboxylic acids is 2. The summed E-state index contributed by atoms with van der Waals surface area (Å²) < 4.78 is 0. The SMILES string of the molecule is CCCCCCCCc1cc(-c2ccc(N)c(CCCCCCCC)c2)ccc1N.CCCCCCCCc1cc(-c2ccc(N)c(CCCCCCCC)c2)ccc1N.O=C(O)c1ccccc1C(=O)O. The van der Waals surface area contributed by atoms with Gasteiger partial charge in [-0.2, -0.15) is 0 Å². The van der Waals surface area contributed by atoms with Crippen LogP contribution in [-0.2, 0) is 25.7 Å². The largest absolute Gasteiger partial charge is 0.478 e. The van der Waals surface area contributed by atoms with Gasteiger partial charge in [-0.05, 0) is 157 Å². The quantitative estimate of drug-likeness (QED) is 0.0182. The lowest BCUT2D eigenvalue weighted by Crippen LogP contribution is -2.06. The highest BCUT2D eigenvalue weighted by Gasteiger charge is 2.14. The van der Waals surface area contributed by atoms with E-state index >= 15 is 0 Å². The van der Waals surface area contributed by atoms with Crippen molar-refractivity contribution < 1.29 is 19.8 Å². The number of benzene rings is 5. The van der Waals surface area contributed by atoms with E-state index in [9.17, 15) is 9.59 Å². The highest BCUT2D eigenvalue weighted by atomic mass is 16.4. The number of hydrogen-bond acceptors (Lipinski definition) is 6. The summed E-state index contributed by atoms with van der Waals surface area (Å²) in [6.07, 6.45) is 35.8. The highest BCUT2D eigenvalue weighted by molar-refractivity contribution is 6.01. The van der Waals surface area contributed by atoms with Gasteiger partial charge in [0.25, 0.3) is 0 Å². The molecule has 5 aromatic carbocycles. The summed E-state index contributed by atoms with van der Waals surface area (Å²) in [5.41, 5.74) is 38.6. The minimum atomic E-state index is -1.23. The number of carboxylic acid groups (broad SMARTS) is 2. The van der Waals surface area contributed by atoms with Crippen LogP contribution in [0.15, 0.2) is 97.1 Å². The van der Waals surface area contributed by atoms with Crippen molar-refractivity contribution in [2.75, 3.05) is 22.9 Å². The second-order valence-corrected chi connectivity index (χ2v) is 19.9. The molecule has 72 heavy (non-hydrogen) atoms. The van der Waals surface area contributed by atoms with Crippen LogP contribution in [0.1, 0.15) is 225 Å². The minimum Gasteiger partial charge on any atom is -0.478 e. The zero-order chi connectivity index (χ0) is 52.4. The van der Waals surface area contributed by atoms with E-state index in [0.717, 1.165) is 48.4 Å². The van der Waals surface area contributed by atoms with Gasteiger partial charge in [-0.15, -0.1) is 0 Å². The van der Waals surface area contributed by atoms with Crippen molar-refractivity contribution >= 4 is 34.7 Å². The molecule has 0 heterocycles. The van der Waals surface area contributed by atoms with Crippen molar-refractivity contribution in [3.05, 3.63) is 130 Å². The second-order valence-electron chi connectivity index (χ2n) is 19.9. The molecule has 0 aliphatic heterocycles. The Kier molecular flexibility index (Phi) is 30.4. The normalized spacial score (nSPS) is 10.8. The second kappa shape index (κ2) is 36.2. The highest BCUT2D eigenvalue weighted by Crippen LogP contribution is 2.31. The maximum absolute atomic E-state index is 10.5. The number of hydrogen-bond donors (Lipinski definition) is 6. The molecule has 0 unspecified atom stereocenters. The van der Waals surface area contributed by atoms with E-state index in [4.69, 9.17) is 33.1 Å². The van der Waals surface area contributed by atoms with Gasteiger partial charge >= 0.3 is 11.9 Å². The molecule has 5 rings (SSSR count). The van der Waals surface area contributed by atoms with Gasteiger partial charge < -0.3 is 33.1 Å². The first-order valence-electron chi connectivity index (χ1n) is 28.0. The van der Waals surface area contributed by atoms with Crippen LogP contribution in [-0.4, -0.2) is 22.2 Å². The zero-order valence-electron chi connectivity index (χ0n) is 45.1. The molecule has 8 heteroatoms. The Labute approximate surface area is 435 Å². The van der Waals surface area contributed by atoms with Crippen molar-refractivity contribution in [2.24, 2.45) is 0 Å². The molecule has 0 aromatic heterocycles. The smallest absolute Gasteiger partial charge is 0.336 e. The van der Waals surface area contributed by atoms with E-state index in [1.807, 2.05) is 0 Å². The number of rotatable bonds is 32. The van der Waals surface area contributed by atoms with Gasteiger partial charge in [0.15, 0.2) is 0 Å². The van der Waals surface area contributed by atoms with Crippen molar-refractivity contribution in [1.82, 2.24) is 0 Å². The van der Waals surface area contributed by atoms with Crippen LogP contribution in [0.5, 0.6) is 0 Å². The van der Waals surface area contributed by atoms with E-state index in [1.165, 1.54) is 223 Å². The Morgan fingerprint density at radius 3 is 0.736 bits per heavy atom. The molecule has 0 aliphatic carbocycles. The molecule has 10 N–H and O–H groups in total. The van der Waals surface area contributed by atoms with E-state index in [1.54, 1.807) is 0 Å². The first-order chi connectivity index (χ1) is 34.9. The summed E-state index contributed by atoms with van der Waals surface area (Å²) in [6, 6.07) is 31.6. The summed E-state index contributed by atoms with van der Waals surface area (Å²) in [4.78, 5) is 20.9. The van der Waals surface area contributed by atoms with Crippen LogP contribution < -0.4 is 22.9 Å². The molecular weight excluding hydrogens is 889 g/mol. The summed E-state index contributed by atoms with van der Waals surface area (Å²) in [5.74, 6) is -2.46. The van der Waals surface area contributed by atoms with Crippen LogP contribution in [0.25, 0.3) is 22.3 Å². The van der Waals surface area contributed by atoms with Crippen LogP contribution in [0.2, 0.25) is 0 Å². The Balaban J connectivity index is 0.000000310. The molecule has 0 fully saturated rings. The molecule has 0 amide bonds. The monoisotopic (exact) mass is 983 g/mol. The third-order valence-corrected chi connectivity index (χ3v) is 13.8. The Morgan fingerprint density at radius 1 is 0.319 bits per heavy atom. The number of carboxylic acids is 2. The molecule has 394 valence electrons. The van der Waals surface area contributed by atoms with Gasteiger partial charge in [0.2, 0.25) is 0 Å². The van der Waals surface area contributed by atoms with Crippen LogP contribution in [0, 0.1) is 0 Å². The fraction of sp³-hybridized carbons (Fsp3) is 0.500. The predicted molar refractivity (Wildman–Crippen MR) is 310 cm³/mol. The topological polar surface area (TPSA) is 179 Å². The Bertz CT molecular complexity index is 2020. The van der Waals surface area contributed by atoms with E-state index in [2.05, 4.69) is 100 Å². The molecule has 0 spiro atoms. The average Bonchev–Trinajstić information content (AvgIpc) is 3.38. The van der Waals surface area contributed by atoms with Gasteiger partial charge in [0.1, 0.15) is 0 Å². The zero-order valence-corrected chi connectivity index (χ0v) is 45.1. The number of carbonyl (C=O) groups is 2. The number of nitrogens with two attached hydrogens (primary N) is 4. The summed E-state index contributed by atoms with van der Waals surface area (Å²) in [7, 11) is 0. The Morgan fingerprint density at radius 2 is 0.528 bits per heavy atom. The van der Waals surface area contributed by atoms with Gasteiger partial charge in [-0.25, -0.2) is 9.59 Å². The first-order valence-corrected chi connectivity index (χ1v) is 28.0. The van der Waals surface area contributed by atoms with Gasteiger partial charge in [0.05, 0.1) is 11.1 Å². The number of nitrogen functional groups attached to an aromatic ring is 4. The Hall–Kier alpha value is -5.76. The fourth-order valence-corrected chi connectivity index (χ4v) is 9.25. The van der Waals surface area contributed by atoms with E-state index in [-0.39, 0.29) is 11.1 Å². The molecule has 0 radical (unpaired) electrons. The minimum absolute atomic E-state index is 0.190. The van der Waals surface area contributed by atoms with Gasteiger partial charge in [0, 0.05) is 22.7 Å². The van der Waals surface area contributed by atoms with Crippen LogP contribution >= 0.6 is 0 Å². The predicted octanol–water partition coefficient (Wildman–Crippen LogP) is 17.7. The number of aryl methyl sites for hydroxylation is 4. The maximum atomic E-state index is 10.5. The van der Waals surface area contributed by atoms with Crippen molar-refractivity contribution in [3.63, 3.8) is 0 Å². The summed E-state index contributed by atoms with van der Waals surface area (Å²) >= 11 is 0. The number of anilines is 4. The van der Waals surface area contributed by atoms with Gasteiger partial charge in [-0.1, -0.05) is 193 Å². The molecule has 5 aromatic rings.